The van der Waals surface area contributed by atoms with E-state index in [0.29, 0.717) is 17.3 Å². The first-order chi connectivity index (χ1) is 20.0. The van der Waals surface area contributed by atoms with E-state index in [1.54, 1.807) is 43.4 Å². The summed E-state index contributed by atoms with van der Waals surface area (Å²) in [5.74, 6) is -2.39. The zero-order valence-electron chi connectivity index (χ0n) is 23.3. The van der Waals surface area contributed by atoms with Gasteiger partial charge in [-0.2, -0.15) is 5.10 Å². The molecule has 224 valence electrons. The Morgan fingerprint density at radius 1 is 1.26 bits per heavy atom. The summed E-state index contributed by atoms with van der Waals surface area (Å²) in [6, 6.07) is 7.11. The molecule has 0 amide bonds. The largest absolute Gasteiger partial charge is 1.00 e. The fourth-order valence-corrected chi connectivity index (χ4v) is 6.49. The van der Waals surface area contributed by atoms with Gasteiger partial charge >= 0.3 is 29.6 Å². The van der Waals surface area contributed by atoms with Crippen molar-refractivity contribution in [3.8, 4) is 0 Å². The summed E-state index contributed by atoms with van der Waals surface area (Å²) in [5, 5.41) is 2.73. The number of aromatic nitrogens is 3. The molecular formula is C27H27F3N4NaO6PS. The molecular weight excluding hydrogens is 619 g/mol. The Hall–Kier alpha value is -2.10. The number of phosphoric acid groups is 1. The molecule has 1 aromatic heterocycles. The molecule has 4 rings (SSSR count). The van der Waals surface area contributed by atoms with Crippen molar-refractivity contribution in [1.29, 1.82) is 0 Å². The zero-order chi connectivity index (χ0) is 30.3. The van der Waals surface area contributed by atoms with Crippen LogP contribution in [0.5, 0.6) is 0 Å². The summed E-state index contributed by atoms with van der Waals surface area (Å²) in [7, 11) is -5.46. The van der Waals surface area contributed by atoms with Gasteiger partial charge in [0.1, 0.15) is 35.7 Å². The molecule has 1 saturated heterocycles. The molecule has 3 atom stereocenters. The minimum Gasteiger partial charge on any atom is -0.756 e. The van der Waals surface area contributed by atoms with Gasteiger partial charge in [0.25, 0.3) is 7.82 Å². The van der Waals surface area contributed by atoms with Crippen LogP contribution in [-0.2, 0) is 30.7 Å². The quantitative estimate of drug-likeness (QED) is 0.135. The predicted octanol–water partition coefficient (Wildman–Crippen LogP) is 1.54. The van der Waals surface area contributed by atoms with Gasteiger partial charge in [-0.1, -0.05) is 31.2 Å². The first-order valence-corrected chi connectivity index (χ1v) is 15.0. The van der Waals surface area contributed by atoms with Crippen LogP contribution < -0.4 is 34.5 Å². The second-order valence-electron chi connectivity index (χ2n) is 9.21. The molecule has 43 heavy (non-hydrogen) atoms. The van der Waals surface area contributed by atoms with Crippen molar-refractivity contribution in [3.05, 3.63) is 95.9 Å². The predicted molar refractivity (Wildman–Crippen MR) is 149 cm³/mol. The van der Waals surface area contributed by atoms with Crippen molar-refractivity contribution in [2.75, 3.05) is 13.2 Å². The average Bonchev–Trinajstić information content (AvgIpc) is 3.44. The number of thioether (sulfide) groups is 1. The van der Waals surface area contributed by atoms with E-state index < -0.39 is 42.4 Å². The minimum atomic E-state index is -5.46. The molecule has 16 heteroatoms. The number of hydrogen-bond acceptors (Lipinski definition) is 9. The van der Waals surface area contributed by atoms with Crippen LogP contribution >= 0.6 is 19.6 Å². The van der Waals surface area contributed by atoms with Gasteiger partial charge in [-0.05, 0) is 31.0 Å². The number of aliphatic imine (C=N–C) groups is 1. The maximum Gasteiger partial charge on any atom is 1.00 e. The van der Waals surface area contributed by atoms with Gasteiger partial charge in [-0.15, -0.1) is 11.8 Å². The van der Waals surface area contributed by atoms with Crippen molar-refractivity contribution in [3.63, 3.8) is 0 Å². The number of phosphoric ester groups is 1. The van der Waals surface area contributed by atoms with Crippen LogP contribution in [0, 0.1) is 17.5 Å². The van der Waals surface area contributed by atoms with Crippen molar-refractivity contribution in [1.82, 2.24) is 14.8 Å². The molecule has 3 aromatic rings. The van der Waals surface area contributed by atoms with E-state index in [9.17, 15) is 23.1 Å². The third-order valence-corrected chi connectivity index (χ3v) is 8.30. The van der Waals surface area contributed by atoms with Crippen LogP contribution in [0.15, 0.2) is 72.3 Å². The fourth-order valence-electron chi connectivity index (χ4n) is 4.33. The van der Waals surface area contributed by atoms with Gasteiger partial charge in [0, 0.05) is 28.5 Å². The number of nitrogens with zero attached hydrogens (tertiary/aromatic N) is 4. The Kier molecular flexibility index (Phi) is 13.0. The summed E-state index contributed by atoms with van der Waals surface area (Å²) in [5.41, 5.74) is -1.57. The number of rotatable bonds is 12. The summed E-state index contributed by atoms with van der Waals surface area (Å²) in [6.07, 6.45) is 8.22. The number of halogens is 3. The SMILES string of the molecule is C=Nc1ccc(/C=C/C=C/C2OCC(SC(C)C(Cn3cncn3)(OP(=O)([O-])O)c3ccc(F)cc3F)CO2)c(F)c1.[Na+]. The van der Waals surface area contributed by atoms with E-state index in [0.717, 1.165) is 12.1 Å². The molecule has 0 saturated carbocycles. The van der Waals surface area contributed by atoms with Gasteiger partial charge in [-0.25, -0.2) is 22.8 Å². The van der Waals surface area contributed by atoms with Gasteiger partial charge in [-0.3, -0.25) is 9.56 Å². The van der Waals surface area contributed by atoms with Crippen molar-refractivity contribution in [2.45, 2.75) is 35.9 Å². The minimum absolute atomic E-state index is 0. The van der Waals surface area contributed by atoms with Crippen molar-refractivity contribution < 1.29 is 71.1 Å². The molecule has 3 unspecified atom stereocenters. The first-order valence-electron chi connectivity index (χ1n) is 12.5. The normalized spacial score (nSPS) is 20.8. The number of benzene rings is 2. The third-order valence-electron chi connectivity index (χ3n) is 6.30. The molecule has 0 radical (unpaired) electrons. The molecule has 10 nitrogen and oxygen atoms in total. The second-order valence-corrected chi connectivity index (χ2v) is 12.0. The van der Waals surface area contributed by atoms with Crippen LogP contribution in [0.25, 0.3) is 6.08 Å². The zero-order valence-corrected chi connectivity index (χ0v) is 27.0. The summed E-state index contributed by atoms with van der Waals surface area (Å²) in [4.78, 5) is 29.3. The van der Waals surface area contributed by atoms with Crippen LogP contribution in [0.3, 0.4) is 0 Å². The third kappa shape index (κ3) is 9.69. The van der Waals surface area contributed by atoms with Gasteiger partial charge in [0.15, 0.2) is 6.29 Å². The summed E-state index contributed by atoms with van der Waals surface area (Å²) < 4.78 is 72.9. The molecule has 1 fully saturated rings. The van der Waals surface area contributed by atoms with Crippen LogP contribution in [0.4, 0.5) is 18.9 Å². The van der Waals surface area contributed by atoms with E-state index in [1.165, 1.54) is 35.2 Å². The van der Waals surface area contributed by atoms with E-state index in [4.69, 9.17) is 14.0 Å². The topological polar surface area (TPSA) is 131 Å². The number of hydrogen-bond donors (Lipinski definition) is 1. The Morgan fingerprint density at radius 2 is 2.00 bits per heavy atom. The first kappa shape index (κ1) is 35.4. The second kappa shape index (κ2) is 15.8. The maximum atomic E-state index is 15.1. The van der Waals surface area contributed by atoms with E-state index >= 15 is 4.39 Å². The van der Waals surface area contributed by atoms with E-state index in [-0.39, 0.29) is 60.1 Å². The molecule has 2 heterocycles. The summed E-state index contributed by atoms with van der Waals surface area (Å²) >= 11 is 1.17. The number of allylic oxidation sites excluding steroid dienone is 2. The standard InChI is InChI=1S/C27H28F3N4O6PS.Na/c1-18(27(40-41(35,36)37,15-34-17-32-16-33-34)23-10-8-20(28)11-25(23)30)42-22-13-38-26(39-14-22)6-4-3-5-19-7-9-21(31-2)12-24(19)29;/h3-12,16-18,22,26H,2,13-15H2,1H3,(H2,35,36,37);/q;+1/p-1/b5-3+,6-4+;. The maximum absolute atomic E-state index is 15.1. The molecule has 0 aliphatic carbocycles. The smallest absolute Gasteiger partial charge is 0.756 e. The van der Waals surface area contributed by atoms with Gasteiger partial charge in [0.2, 0.25) is 0 Å². The molecule has 2 aromatic carbocycles. The van der Waals surface area contributed by atoms with Crippen molar-refractivity contribution in [2.24, 2.45) is 4.99 Å². The van der Waals surface area contributed by atoms with Gasteiger partial charge in [0.05, 0.1) is 30.7 Å². The summed E-state index contributed by atoms with van der Waals surface area (Å²) in [6.45, 7) is 4.89. The van der Waals surface area contributed by atoms with Crippen LogP contribution in [-0.4, -0.2) is 56.4 Å². The Morgan fingerprint density at radius 3 is 2.60 bits per heavy atom. The Bertz CT molecular complexity index is 1490. The molecule has 0 spiro atoms. The van der Waals surface area contributed by atoms with Crippen LogP contribution in [0.1, 0.15) is 18.1 Å². The van der Waals surface area contributed by atoms with Gasteiger partial charge < -0.3 is 23.8 Å². The fraction of sp³-hybridized carbons (Fsp3) is 0.296. The molecule has 1 aliphatic rings. The number of ether oxygens (including phenoxy) is 2. The monoisotopic (exact) mass is 646 g/mol. The Balaban J connectivity index is 0.00000506. The molecule has 0 bridgehead atoms. The Labute approximate surface area is 272 Å². The van der Waals surface area contributed by atoms with E-state index in [1.807, 2.05) is 0 Å². The molecule has 1 N–H and O–H groups in total. The average molecular weight is 647 g/mol. The van der Waals surface area contributed by atoms with Crippen LogP contribution in [0.2, 0.25) is 0 Å². The molecule has 1 aliphatic heterocycles. The van der Waals surface area contributed by atoms with Crippen molar-refractivity contribution >= 4 is 38.1 Å². The van der Waals surface area contributed by atoms with E-state index in [2.05, 4.69) is 21.8 Å².